The average Bonchev–Trinajstić information content (AvgIpc) is 3.42. The Morgan fingerprint density at radius 2 is 2.07 bits per heavy atom. The molecule has 0 aliphatic carbocycles. The third-order valence-electron chi connectivity index (χ3n) is 5.78. The Balaban J connectivity index is 1.59. The van der Waals surface area contributed by atoms with Crippen LogP contribution in [0.4, 0.5) is 10.1 Å². The number of aryl methyl sites for hydroxylation is 1. The van der Waals surface area contributed by atoms with Gasteiger partial charge in [-0.15, -0.1) is 10.2 Å². The smallest absolute Gasteiger partial charge is 0.212 e. The van der Waals surface area contributed by atoms with Gasteiger partial charge in [0.1, 0.15) is 18.2 Å². The number of benzene rings is 1. The summed E-state index contributed by atoms with van der Waals surface area (Å²) in [6.45, 7) is 1.55. The molecule has 0 atom stereocenters. The molecule has 0 bridgehead atoms. The van der Waals surface area contributed by atoms with Gasteiger partial charge in [-0.25, -0.2) is 4.98 Å². The minimum atomic E-state index is -0.537. The number of pyridine rings is 1. The van der Waals surface area contributed by atoms with E-state index >= 15 is 0 Å². The standard InChI is InChI=1S/C21H19FN8/c1-29-12-26-28-21(29)13-4-6-30(7-5-13)20-15(9-23)8-17-16(11-25-27-17)19(20)14-2-3-18(22)24-10-14/h2-3,8,10-13H,4-7H2,1H3,(H,25,27). The molecule has 1 N–H and O–H groups in total. The van der Waals surface area contributed by atoms with E-state index in [0.717, 1.165) is 59.5 Å². The molecule has 9 heteroatoms. The highest BCUT2D eigenvalue weighted by atomic mass is 19.1. The number of nitriles is 1. The van der Waals surface area contributed by atoms with Crippen LogP contribution in [0.15, 0.2) is 36.9 Å². The second-order valence-electron chi connectivity index (χ2n) is 7.52. The van der Waals surface area contributed by atoms with Gasteiger partial charge in [0, 0.05) is 48.8 Å². The molecule has 1 aromatic carbocycles. The van der Waals surface area contributed by atoms with Gasteiger partial charge in [0.25, 0.3) is 0 Å². The maximum Gasteiger partial charge on any atom is 0.212 e. The maximum absolute atomic E-state index is 13.5. The van der Waals surface area contributed by atoms with E-state index in [2.05, 4.69) is 36.3 Å². The Morgan fingerprint density at radius 1 is 1.23 bits per heavy atom. The predicted molar refractivity (Wildman–Crippen MR) is 109 cm³/mol. The van der Waals surface area contributed by atoms with E-state index < -0.39 is 5.95 Å². The number of hydrogen-bond donors (Lipinski definition) is 1. The molecule has 30 heavy (non-hydrogen) atoms. The summed E-state index contributed by atoms with van der Waals surface area (Å²) in [7, 11) is 1.96. The van der Waals surface area contributed by atoms with Gasteiger partial charge in [0.15, 0.2) is 0 Å². The number of aromatic amines is 1. The highest BCUT2D eigenvalue weighted by molar-refractivity contribution is 6.03. The summed E-state index contributed by atoms with van der Waals surface area (Å²) in [6, 6.07) is 7.19. The van der Waals surface area contributed by atoms with Crippen molar-refractivity contribution in [3.05, 3.63) is 54.3 Å². The molecule has 3 aromatic heterocycles. The number of piperidine rings is 1. The van der Waals surface area contributed by atoms with E-state index in [1.54, 1.807) is 18.6 Å². The van der Waals surface area contributed by atoms with Crippen LogP contribution in [0.2, 0.25) is 0 Å². The largest absolute Gasteiger partial charge is 0.370 e. The van der Waals surface area contributed by atoms with Crippen LogP contribution in [0.25, 0.3) is 22.0 Å². The first-order valence-electron chi connectivity index (χ1n) is 9.76. The van der Waals surface area contributed by atoms with Gasteiger partial charge < -0.3 is 9.47 Å². The zero-order valence-electron chi connectivity index (χ0n) is 16.4. The van der Waals surface area contributed by atoms with Crippen molar-refractivity contribution in [2.75, 3.05) is 18.0 Å². The van der Waals surface area contributed by atoms with Crippen molar-refractivity contribution in [3.8, 4) is 17.2 Å². The molecule has 0 radical (unpaired) electrons. The molecular weight excluding hydrogens is 383 g/mol. The van der Waals surface area contributed by atoms with Crippen LogP contribution in [0.3, 0.4) is 0 Å². The topological polar surface area (TPSA) is 99.3 Å². The summed E-state index contributed by atoms with van der Waals surface area (Å²) in [5, 5.41) is 26.1. The molecular formula is C21H19FN8. The van der Waals surface area contributed by atoms with E-state index in [0.29, 0.717) is 11.5 Å². The van der Waals surface area contributed by atoms with E-state index in [-0.39, 0.29) is 0 Å². The first-order valence-corrected chi connectivity index (χ1v) is 9.76. The summed E-state index contributed by atoms with van der Waals surface area (Å²) in [5.41, 5.74) is 3.77. The van der Waals surface area contributed by atoms with E-state index in [9.17, 15) is 9.65 Å². The lowest BCUT2D eigenvalue weighted by atomic mass is 9.92. The van der Waals surface area contributed by atoms with Crippen LogP contribution in [0, 0.1) is 17.3 Å². The SMILES string of the molecule is Cn1cnnc1C1CCN(c2c(C#N)cc3[nH]ncc3c2-c2ccc(F)nc2)CC1. The quantitative estimate of drug-likeness (QED) is 0.529. The minimum absolute atomic E-state index is 0.327. The van der Waals surface area contributed by atoms with Gasteiger partial charge in [-0.2, -0.15) is 14.8 Å². The highest BCUT2D eigenvalue weighted by Gasteiger charge is 2.28. The molecule has 1 aliphatic rings. The van der Waals surface area contributed by atoms with Crippen LogP contribution in [-0.2, 0) is 7.05 Å². The average molecular weight is 402 g/mol. The molecule has 4 aromatic rings. The number of nitrogens with one attached hydrogen (secondary N) is 1. The van der Waals surface area contributed by atoms with Crippen LogP contribution < -0.4 is 4.90 Å². The van der Waals surface area contributed by atoms with Crippen LogP contribution in [-0.4, -0.2) is 43.0 Å². The number of H-pyrrole nitrogens is 1. The van der Waals surface area contributed by atoms with E-state index in [1.165, 1.54) is 12.3 Å². The Morgan fingerprint density at radius 3 is 2.73 bits per heavy atom. The summed E-state index contributed by atoms with van der Waals surface area (Å²) in [6.07, 6.45) is 6.78. The van der Waals surface area contributed by atoms with Gasteiger partial charge in [0.05, 0.1) is 23.0 Å². The second-order valence-corrected chi connectivity index (χ2v) is 7.52. The predicted octanol–water partition coefficient (Wildman–Crippen LogP) is 3.15. The summed E-state index contributed by atoms with van der Waals surface area (Å²) in [4.78, 5) is 6.06. The fourth-order valence-corrected chi connectivity index (χ4v) is 4.33. The number of hydrogen-bond acceptors (Lipinski definition) is 6. The van der Waals surface area contributed by atoms with Crippen molar-refractivity contribution in [1.82, 2.24) is 29.9 Å². The fraction of sp³-hybridized carbons (Fsp3) is 0.286. The zero-order valence-corrected chi connectivity index (χ0v) is 16.4. The molecule has 0 saturated carbocycles. The van der Waals surface area contributed by atoms with Crippen LogP contribution in [0.5, 0.6) is 0 Å². The van der Waals surface area contributed by atoms with E-state index in [4.69, 9.17) is 0 Å². The summed E-state index contributed by atoms with van der Waals surface area (Å²) in [5.74, 6) is 0.779. The van der Waals surface area contributed by atoms with Crippen molar-refractivity contribution in [3.63, 3.8) is 0 Å². The number of anilines is 1. The Kier molecular flexibility index (Phi) is 4.39. The van der Waals surface area contributed by atoms with Crippen molar-refractivity contribution in [2.45, 2.75) is 18.8 Å². The number of rotatable bonds is 3. The lowest BCUT2D eigenvalue weighted by Crippen LogP contribution is -2.34. The highest BCUT2D eigenvalue weighted by Crippen LogP contribution is 2.41. The molecule has 0 spiro atoms. The van der Waals surface area contributed by atoms with Gasteiger partial charge in [-0.05, 0) is 31.0 Å². The third-order valence-corrected chi connectivity index (χ3v) is 5.78. The van der Waals surface area contributed by atoms with Gasteiger partial charge >= 0.3 is 0 Å². The molecule has 4 heterocycles. The molecule has 0 unspecified atom stereocenters. The second kappa shape index (κ2) is 7.22. The van der Waals surface area contributed by atoms with E-state index in [1.807, 2.05) is 17.7 Å². The summed E-state index contributed by atoms with van der Waals surface area (Å²) < 4.78 is 15.4. The molecule has 5 rings (SSSR count). The Labute approximate surface area is 172 Å². The number of aromatic nitrogens is 6. The summed E-state index contributed by atoms with van der Waals surface area (Å²) >= 11 is 0. The maximum atomic E-state index is 13.5. The van der Waals surface area contributed by atoms with Crippen molar-refractivity contribution < 1.29 is 4.39 Å². The number of halogens is 1. The molecule has 8 nitrogen and oxygen atoms in total. The van der Waals surface area contributed by atoms with Gasteiger partial charge in [0.2, 0.25) is 5.95 Å². The van der Waals surface area contributed by atoms with Crippen molar-refractivity contribution >= 4 is 16.6 Å². The zero-order chi connectivity index (χ0) is 20.7. The molecule has 1 saturated heterocycles. The molecule has 1 aliphatic heterocycles. The minimum Gasteiger partial charge on any atom is -0.370 e. The van der Waals surface area contributed by atoms with Crippen LogP contribution in [0.1, 0.15) is 30.1 Å². The molecule has 0 amide bonds. The van der Waals surface area contributed by atoms with Gasteiger partial charge in [-0.1, -0.05) is 0 Å². The number of nitrogens with zero attached hydrogens (tertiary/aromatic N) is 7. The normalized spacial score (nSPS) is 14.9. The van der Waals surface area contributed by atoms with Gasteiger partial charge in [-0.3, -0.25) is 5.10 Å². The van der Waals surface area contributed by atoms with Crippen molar-refractivity contribution in [1.29, 1.82) is 5.26 Å². The van der Waals surface area contributed by atoms with Crippen LogP contribution >= 0.6 is 0 Å². The molecule has 150 valence electrons. The first kappa shape index (κ1) is 18.2. The monoisotopic (exact) mass is 402 g/mol. The van der Waals surface area contributed by atoms with Crippen molar-refractivity contribution in [2.24, 2.45) is 7.05 Å². The Bertz CT molecular complexity index is 1240. The lowest BCUT2D eigenvalue weighted by Gasteiger charge is -2.35. The third kappa shape index (κ3) is 2.97. The molecule has 1 fully saturated rings. The lowest BCUT2D eigenvalue weighted by molar-refractivity contribution is 0.474. The Hall–Kier alpha value is -3.80. The number of fused-ring (bicyclic) bond motifs is 1. The fourth-order valence-electron chi connectivity index (χ4n) is 4.33. The first-order chi connectivity index (χ1) is 14.7.